The van der Waals surface area contributed by atoms with Gasteiger partial charge in [-0.25, -0.2) is 4.79 Å². The van der Waals surface area contributed by atoms with Crippen molar-refractivity contribution in [2.75, 3.05) is 0 Å². The number of amides is 3. The SMILES string of the molecule is O=C(NCc1ccccc1)NC(=O)c1cnccc1C(F)(F)F. The van der Waals surface area contributed by atoms with E-state index < -0.39 is 29.2 Å². The van der Waals surface area contributed by atoms with Gasteiger partial charge < -0.3 is 5.32 Å². The van der Waals surface area contributed by atoms with E-state index in [9.17, 15) is 22.8 Å². The van der Waals surface area contributed by atoms with Gasteiger partial charge in [0.15, 0.2) is 0 Å². The molecule has 8 heteroatoms. The van der Waals surface area contributed by atoms with Crippen LogP contribution >= 0.6 is 0 Å². The summed E-state index contributed by atoms with van der Waals surface area (Å²) in [4.78, 5) is 26.9. The topological polar surface area (TPSA) is 71.1 Å². The van der Waals surface area contributed by atoms with Crippen molar-refractivity contribution < 1.29 is 22.8 Å². The fourth-order valence-electron chi connectivity index (χ4n) is 1.82. The van der Waals surface area contributed by atoms with Crippen molar-refractivity contribution in [3.05, 3.63) is 65.5 Å². The van der Waals surface area contributed by atoms with E-state index in [1.54, 1.807) is 30.3 Å². The highest BCUT2D eigenvalue weighted by molar-refractivity contribution is 6.04. The van der Waals surface area contributed by atoms with Crippen LogP contribution in [0.25, 0.3) is 0 Å². The smallest absolute Gasteiger partial charge is 0.334 e. The van der Waals surface area contributed by atoms with Gasteiger partial charge in [0.2, 0.25) is 0 Å². The van der Waals surface area contributed by atoms with E-state index in [1.807, 2.05) is 5.32 Å². The summed E-state index contributed by atoms with van der Waals surface area (Å²) >= 11 is 0. The van der Waals surface area contributed by atoms with Crippen LogP contribution in [-0.4, -0.2) is 16.9 Å². The quantitative estimate of drug-likeness (QED) is 0.912. The largest absolute Gasteiger partial charge is 0.417 e. The van der Waals surface area contributed by atoms with Crippen molar-refractivity contribution in [3.63, 3.8) is 0 Å². The molecule has 23 heavy (non-hydrogen) atoms. The van der Waals surface area contributed by atoms with Crippen LogP contribution in [0.5, 0.6) is 0 Å². The number of imide groups is 1. The number of nitrogens with one attached hydrogen (secondary N) is 2. The van der Waals surface area contributed by atoms with E-state index in [2.05, 4.69) is 10.3 Å². The molecule has 0 aliphatic rings. The maximum atomic E-state index is 12.8. The molecule has 0 saturated heterocycles. The summed E-state index contributed by atoms with van der Waals surface area (Å²) < 4.78 is 38.4. The minimum atomic E-state index is -4.71. The van der Waals surface area contributed by atoms with Crippen molar-refractivity contribution in [1.29, 1.82) is 0 Å². The first-order chi connectivity index (χ1) is 10.9. The van der Waals surface area contributed by atoms with Gasteiger partial charge in [-0.2, -0.15) is 13.2 Å². The number of halogens is 3. The molecule has 0 radical (unpaired) electrons. The Hall–Kier alpha value is -2.90. The third-order valence-corrected chi connectivity index (χ3v) is 2.89. The molecular formula is C15H12F3N3O2. The lowest BCUT2D eigenvalue weighted by Crippen LogP contribution is -2.39. The molecular weight excluding hydrogens is 311 g/mol. The summed E-state index contributed by atoms with van der Waals surface area (Å²) in [6.07, 6.45) is -3.02. The third-order valence-electron chi connectivity index (χ3n) is 2.89. The molecule has 1 aromatic carbocycles. The monoisotopic (exact) mass is 323 g/mol. The van der Waals surface area contributed by atoms with Crippen molar-refractivity contribution in [2.24, 2.45) is 0 Å². The lowest BCUT2D eigenvalue weighted by Gasteiger charge is -2.12. The second-order valence-corrected chi connectivity index (χ2v) is 4.54. The first kappa shape index (κ1) is 16.5. The molecule has 2 rings (SSSR count). The Morgan fingerprint density at radius 1 is 1.09 bits per heavy atom. The van der Waals surface area contributed by atoms with Crippen molar-refractivity contribution >= 4 is 11.9 Å². The molecule has 0 atom stereocenters. The Balaban J connectivity index is 2.01. The van der Waals surface area contributed by atoms with Crippen LogP contribution in [-0.2, 0) is 12.7 Å². The Kier molecular flexibility index (Phi) is 4.95. The maximum Gasteiger partial charge on any atom is 0.417 e. The second-order valence-electron chi connectivity index (χ2n) is 4.54. The molecule has 0 aliphatic heterocycles. The van der Waals surface area contributed by atoms with Gasteiger partial charge in [-0.1, -0.05) is 30.3 Å². The Bertz CT molecular complexity index is 703. The van der Waals surface area contributed by atoms with Crippen LogP contribution in [0.1, 0.15) is 21.5 Å². The Morgan fingerprint density at radius 3 is 2.43 bits per heavy atom. The number of hydrogen-bond donors (Lipinski definition) is 2. The van der Waals surface area contributed by atoms with Gasteiger partial charge in [-0.05, 0) is 11.6 Å². The number of urea groups is 1. The summed E-state index contributed by atoms with van der Waals surface area (Å²) in [5.41, 5.74) is -1.08. The van der Waals surface area contributed by atoms with E-state index >= 15 is 0 Å². The molecule has 0 aliphatic carbocycles. The zero-order chi connectivity index (χ0) is 16.9. The van der Waals surface area contributed by atoms with E-state index in [0.717, 1.165) is 18.0 Å². The highest BCUT2D eigenvalue weighted by Gasteiger charge is 2.35. The number of carbonyl (C=O) groups excluding carboxylic acids is 2. The fourth-order valence-corrected chi connectivity index (χ4v) is 1.82. The molecule has 2 aromatic rings. The molecule has 3 amide bonds. The molecule has 0 spiro atoms. The van der Waals surface area contributed by atoms with Crippen molar-refractivity contribution in [3.8, 4) is 0 Å². The molecule has 0 fully saturated rings. The number of benzene rings is 1. The van der Waals surface area contributed by atoms with Gasteiger partial charge in [0.1, 0.15) is 0 Å². The minimum absolute atomic E-state index is 0.138. The molecule has 1 aromatic heterocycles. The van der Waals surface area contributed by atoms with Gasteiger partial charge >= 0.3 is 12.2 Å². The molecule has 0 bridgehead atoms. The molecule has 120 valence electrons. The first-order valence-corrected chi connectivity index (χ1v) is 6.52. The molecule has 2 N–H and O–H groups in total. The van der Waals surface area contributed by atoms with Crippen LogP contribution in [0.2, 0.25) is 0 Å². The van der Waals surface area contributed by atoms with Gasteiger partial charge in [0.25, 0.3) is 5.91 Å². The number of alkyl halides is 3. The van der Waals surface area contributed by atoms with Crippen LogP contribution in [0.3, 0.4) is 0 Å². The number of rotatable bonds is 3. The summed E-state index contributed by atoms with van der Waals surface area (Å²) in [7, 11) is 0. The average molecular weight is 323 g/mol. The number of aromatic nitrogens is 1. The van der Waals surface area contributed by atoms with Gasteiger partial charge in [-0.15, -0.1) is 0 Å². The molecule has 0 unspecified atom stereocenters. The third kappa shape index (κ3) is 4.53. The van der Waals surface area contributed by atoms with Crippen LogP contribution < -0.4 is 10.6 Å². The van der Waals surface area contributed by atoms with Crippen molar-refractivity contribution in [2.45, 2.75) is 12.7 Å². The first-order valence-electron chi connectivity index (χ1n) is 6.52. The zero-order valence-electron chi connectivity index (χ0n) is 11.7. The maximum absolute atomic E-state index is 12.8. The molecule has 0 saturated carbocycles. The van der Waals surface area contributed by atoms with E-state index in [1.165, 1.54) is 0 Å². The predicted molar refractivity (Wildman–Crippen MR) is 75.4 cm³/mol. The van der Waals surface area contributed by atoms with Crippen LogP contribution in [0.4, 0.5) is 18.0 Å². The summed E-state index contributed by atoms with van der Waals surface area (Å²) in [6, 6.07) is 8.63. The van der Waals surface area contributed by atoms with Gasteiger partial charge in [0, 0.05) is 18.9 Å². The average Bonchev–Trinajstić information content (AvgIpc) is 2.53. The van der Waals surface area contributed by atoms with Crippen molar-refractivity contribution in [1.82, 2.24) is 15.6 Å². The Morgan fingerprint density at radius 2 is 1.78 bits per heavy atom. The van der Waals surface area contributed by atoms with E-state index in [0.29, 0.717) is 6.07 Å². The van der Waals surface area contributed by atoms with E-state index in [4.69, 9.17) is 0 Å². The second kappa shape index (κ2) is 6.91. The van der Waals surface area contributed by atoms with Crippen LogP contribution in [0.15, 0.2) is 48.8 Å². The van der Waals surface area contributed by atoms with Crippen LogP contribution in [0, 0.1) is 0 Å². The lowest BCUT2D eigenvalue weighted by atomic mass is 10.1. The lowest BCUT2D eigenvalue weighted by molar-refractivity contribution is -0.138. The fraction of sp³-hybridized carbons (Fsp3) is 0.133. The summed E-state index contributed by atoms with van der Waals surface area (Å²) in [6.45, 7) is 0.138. The number of carbonyl (C=O) groups is 2. The summed E-state index contributed by atoms with van der Waals surface area (Å²) in [5.74, 6) is -1.17. The standard InChI is InChI=1S/C15H12F3N3O2/c16-15(17,18)12-6-7-19-9-11(12)13(22)21-14(23)20-8-10-4-2-1-3-5-10/h1-7,9H,8H2,(H2,20,21,22,23). The van der Waals surface area contributed by atoms with Gasteiger partial charge in [0.05, 0.1) is 11.1 Å². The summed E-state index contributed by atoms with van der Waals surface area (Å²) in [5, 5.41) is 4.24. The number of pyridine rings is 1. The minimum Gasteiger partial charge on any atom is -0.334 e. The molecule has 5 nitrogen and oxygen atoms in total. The van der Waals surface area contributed by atoms with E-state index in [-0.39, 0.29) is 6.54 Å². The predicted octanol–water partition coefficient (Wildman–Crippen LogP) is 2.74. The molecule has 1 heterocycles. The highest BCUT2D eigenvalue weighted by atomic mass is 19.4. The zero-order valence-corrected chi connectivity index (χ0v) is 11.7. The van der Waals surface area contributed by atoms with Gasteiger partial charge in [-0.3, -0.25) is 15.1 Å². The number of hydrogen-bond acceptors (Lipinski definition) is 3. The number of nitrogens with zero attached hydrogens (tertiary/aromatic N) is 1. The normalized spacial score (nSPS) is 10.9. The Labute approximate surface area is 129 Å². The highest BCUT2D eigenvalue weighted by Crippen LogP contribution is 2.31.